The van der Waals surface area contributed by atoms with Crippen LogP contribution in [-0.4, -0.2) is 24.3 Å². The first kappa shape index (κ1) is 12.4. The molecule has 0 spiro atoms. The monoisotopic (exact) mass is 217 g/mol. The van der Waals surface area contributed by atoms with E-state index in [4.69, 9.17) is 10.8 Å². The second-order valence-corrected chi connectivity index (χ2v) is 4.49. The normalized spacial score (nSPS) is 23.1. The van der Waals surface area contributed by atoms with Crippen molar-refractivity contribution in [3.05, 3.63) is 0 Å². The third-order valence-electron chi connectivity index (χ3n) is 3.67. The van der Waals surface area contributed by atoms with Crippen molar-refractivity contribution in [3.8, 4) is 0 Å². The van der Waals surface area contributed by atoms with Crippen LogP contribution in [0, 0.1) is 11.3 Å². The predicted octanol–water partition coefficient (Wildman–Crippen LogP) is 1.96. The molecule has 88 valence electrons. The van der Waals surface area contributed by atoms with Crippen molar-refractivity contribution in [2.45, 2.75) is 38.5 Å². The van der Waals surface area contributed by atoms with Gasteiger partial charge in [0.05, 0.1) is 0 Å². The third kappa shape index (κ3) is 2.48. The Morgan fingerprint density at radius 2 is 1.87 bits per heavy atom. The van der Waals surface area contributed by atoms with Crippen molar-refractivity contribution < 1.29 is 14.3 Å². The quantitative estimate of drug-likeness (QED) is 0.707. The van der Waals surface area contributed by atoms with Crippen LogP contribution in [0.15, 0.2) is 0 Å². The van der Waals surface area contributed by atoms with Gasteiger partial charge in [0.1, 0.15) is 12.1 Å². The van der Waals surface area contributed by atoms with Gasteiger partial charge in [-0.05, 0) is 18.8 Å². The van der Waals surface area contributed by atoms with Gasteiger partial charge in [-0.3, -0.25) is 4.79 Å². The van der Waals surface area contributed by atoms with Gasteiger partial charge >= 0.3 is 5.97 Å². The van der Waals surface area contributed by atoms with Gasteiger partial charge in [0, 0.05) is 6.54 Å². The summed E-state index contributed by atoms with van der Waals surface area (Å²) in [7, 11) is 0. The molecule has 15 heavy (non-hydrogen) atoms. The molecule has 1 atom stereocenters. The van der Waals surface area contributed by atoms with Gasteiger partial charge in [-0.25, -0.2) is 4.39 Å². The van der Waals surface area contributed by atoms with Crippen LogP contribution < -0.4 is 5.73 Å². The van der Waals surface area contributed by atoms with Crippen LogP contribution in [-0.2, 0) is 4.79 Å². The number of aliphatic carboxylic acids is 1. The molecule has 0 bridgehead atoms. The highest BCUT2D eigenvalue weighted by atomic mass is 19.1. The van der Waals surface area contributed by atoms with E-state index in [1.165, 1.54) is 0 Å². The Labute approximate surface area is 89.8 Å². The van der Waals surface area contributed by atoms with Gasteiger partial charge in [-0.2, -0.15) is 0 Å². The molecule has 0 radical (unpaired) electrons. The van der Waals surface area contributed by atoms with E-state index in [0.29, 0.717) is 0 Å². The van der Waals surface area contributed by atoms with Crippen LogP contribution in [0.25, 0.3) is 0 Å². The lowest BCUT2D eigenvalue weighted by molar-refractivity contribution is -0.153. The average Bonchev–Trinajstić information content (AvgIpc) is 2.49. The first-order valence-corrected chi connectivity index (χ1v) is 5.67. The molecule has 0 aromatic rings. The van der Waals surface area contributed by atoms with E-state index < -0.39 is 18.1 Å². The highest BCUT2D eigenvalue weighted by Crippen LogP contribution is 2.38. The van der Waals surface area contributed by atoms with Crippen molar-refractivity contribution in [3.63, 3.8) is 0 Å². The van der Waals surface area contributed by atoms with Gasteiger partial charge in [-0.15, -0.1) is 0 Å². The molecule has 1 saturated carbocycles. The zero-order chi connectivity index (χ0) is 11.3. The minimum absolute atomic E-state index is 0.0903. The minimum atomic E-state index is -1.33. The number of alkyl halides is 1. The molecule has 4 heteroatoms. The highest BCUT2D eigenvalue weighted by molar-refractivity contribution is 5.75. The number of halogens is 1. The van der Waals surface area contributed by atoms with Crippen LogP contribution >= 0.6 is 0 Å². The summed E-state index contributed by atoms with van der Waals surface area (Å²) in [4.78, 5) is 11.2. The predicted molar refractivity (Wildman–Crippen MR) is 56.3 cm³/mol. The molecule has 1 fully saturated rings. The number of carboxylic acids is 1. The van der Waals surface area contributed by atoms with Crippen LogP contribution in [0.2, 0.25) is 0 Å². The summed E-state index contributed by atoms with van der Waals surface area (Å²) in [6, 6.07) is 0. The van der Waals surface area contributed by atoms with Gasteiger partial charge in [0.15, 0.2) is 0 Å². The van der Waals surface area contributed by atoms with Crippen LogP contribution in [0.5, 0.6) is 0 Å². The van der Waals surface area contributed by atoms with E-state index in [1.54, 1.807) is 0 Å². The van der Waals surface area contributed by atoms with E-state index >= 15 is 0 Å². The Kier molecular flexibility index (Phi) is 4.51. The van der Waals surface area contributed by atoms with E-state index in [-0.39, 0.29) is 12.5 Å². The van der Waals surface area contributed by atoms with Gasteiger partial charge in [-0.1, -0.05) is 25.7 Å². The molecule has 0 heterocycles. The number of carbonyl (C=O) groups is 1. The second kappa shape index (κ2) is 5.45. The number of nitrogens with two attached hydrogens (primary N) is 1. The molecule has 3 nitrogen and oxygen atoms in total. The summed E-state index contributed by atoms with van der Waals surface area (Å²) in [5.41, 5.74) is 4.15. The summed E-state index contributed by atoms with van der Waals surface area (Å²) in [5, 5.41) is 9.15. The summed E-state index contributed by atoms with van der Waals surface area (Å²) in [5.74, 6) is -1.16. The Morgan fingerprint density at radius 3 is 2.20 bits per heavy atom. The molecule has 0 aromatic heterocycles. The van der Waals surface area contributed by atoms with E-state index in [9.17, 15) is 9.18 Å². The maximum Gasteiger partial charge on any atom is 0.313 e. The SMILES string of the molecule is NCC(CF)(C(=O)O)C1CCCCCC1. The second-order valence-electron chi connectivity index (χ2n) is 4.49. The van der Waals surface area contributed by atoms with Crippen LogP contribution in [0.3, 0.4) is 0 Å². The number of carboxylic acid groups (broad SMARTS) is 1. The van der Waals surface area contributed by atoms with Crippen molar-refractivity contribution in [1.29, 1.82) is 0 Å². The smallest absolute Gasteiger partial charge is 0.313 e. The number of rotatable bonds is 4. The Morgan fingerprint density at radius 1 is 1.33 bits per heavy atom. The van der Waals surface area contributed by atoms with E-state index in [0.717, 1.165) is 38.5 Å². The minimum Gasteiger partial charge on any atom is -0.481 e. The fourth-order valence-electron chi connectivity index (χ4n) is 2.48. The lowest BCUT2D eigenvalue weighted by Crippen LogP contribution is -2.46. The lowest BCUT2D eigenvalue weighted by atomic mass is 9.72. The topological polar surface area (TPSA) is 63.3 Å². The molecule has 1 rings (SSSR count). The van der Waals surface area contributed by atoms with Crippen molar-refractivity contribution >= 4 is 5.97 Å². The third-order valence-corrected chi connectivity index (χ3v) is 3.67. The zero-order valence-electron chi connectivity index (χ0n) is 9.04. The molecular formula is C11H20FNO2. The lowest BCUT2D eigenvalue weighted by Gasteiger charge is -2.33. The number of hydrogen-bond donors (Lipinski definition) is 2. The molecule has 0 aliphatic heterocycles. The Bertz CT molecular complexity index is 209. The summed E-state index contributed by atoms with van der Waals surface area (Å²) in [6.07, 6.45) is 5.85. The molecule has 0 aromatic carbocycles. The maximum atomic E-state index is 13.0. The highest BCUT2D eigenvalue weighted by Gasteiger charge is 2.44. The Hall–Kier alpha value is -0.640. The summed E-state index contributed by atoms with van der Waals surface area (Å²) >= 11 is 0. The average molecular weight is 217 g/mol. The molecule has 1 aliphatic carbocycles. The standard InChI is InChI=1S/C11H20FNO2/c12-7-11(8-13,10(14)15)9-5-3-1-2-4-6-9/h9H,1-8,13H2,(H,14,15). The zero-order valence-corrected chi connectivity index (χ0v) is 9.04. The first-order valence-electron chi connectivity index (χ1n) is 5.67. The molecule has 0 saturated heterocycles. The molecular weight excluding hydrogens is 197 g/mol. The van der Waals surface area contributed by atoms with Crippen LogP contribution in [0.4, 0.5) is 4.39 Å². The molecule has 1 unspecified atom stereocenters. The number of hydrogen-bond acceptors (Lipinski definition) is 2. The Balaban J connectivity index is 2.81. The van der Waals surface area contributed by atoms with Crippen LogP contribution in [0.1, 0.15) is 38.5 Å². The van der Waals surface area contributed by atoms with E-state index in [1.807, 2.05) is 0 Å². The summed E-state index contributed by atoms with van der Waals surface area (Å²) in [6.45, 7) is -0.938. The van der Waals surface area contributed by atoms with E-state index in [2.05, 4.69) is 0 Å². The fourth-order valence-corrected chi connectivity index (χ4v) is 2.48. The molecule has 3 N–H and O–H groups in total. The first-order chi connectivity index (χ1) is 7.17. The van der Waals surface area contributed by atoms with Crippen molar-refractivity contribution in [2.24, 2.45) is 17.1 Å². The summed E-state index contributed by atoms with van der Waals surface area (Å²) < 4.78 is 13.0. The fraction of sp³-hybridized carbons (Fsp3) is 0.909. The largest absolute Gasteiger partial charge is 0.481 e. The maximum absolute atomic E-state index is 13.0. The van der Waals surface area contributed by atoms with Gasteiger partial charge in [0.2, 0.25) is 0 Å². The molecule has 0 amide bonds. The van der Waals surface area contributed by atoms with Gasteiger partial charge in [0.25, 0.3) is 0 Å². The van der Waals surface area contributed by atoms with Crippen molar-refractivity contribution in [2.75, 3.05) is 13.2 Å². The molecule has 1 aliphatic rings. The van der Waals surface area contributed by atoms with Crippen molar-refractivity contribution in [1.82, 2.24) is 0 Å². The van der Waals surface area contributed by atoms with Gasteiger partial charge < -0.3 is 10.8 Å².